The molecular formula is C11H21N3O. The number of nitriles is 1. The summed E-state index contributed by atoms with van der Waals surface area (Å²) < 4.78 is 5.28. The van der Waals surface area contributed by atoms with Gasteiger partial charge >= 0.3 is 0 Å². The number of hydrogen-bond donors (Lipinski definition) is 1. The normalized spacial score (nSPS) is 23.7. The number of rotatable bonds is 3. The second-order valence-corrected chi connectivity index (χ2v) is 4.97. The second-order valence-electron chi connectivity index (χ2n) is 4.97. The van der Waals surface area contributed by atoms with Crippen LogP contribution in [-0.4, -0.2) is 49.3 Å². The molecule has 0 spiro atoms. The summed E-state index contributed by atoms with van der Waals surface area (Å²) in [6, 6.07) is 2.16. The van der Waals surface area contributed by atoms with Crippen molar-refractivity contribution in [1.82, 2.24) is 10.2 Å². The molecule has 15 heavy (non-hydrogen) atoms. The molecule has 1 aliphatic rings. The summed E-state index contributed by atoms with van der Waals surface area (Å²) in [5.41, 5.74) is 0.168. The van der Waals surface area contributed by atoms with Gasteiger partial charge in [-0.3, -0.25) is 4.90 Å². The Bertz CT molecular complexity index is 229. The minimum absolute atomic E-state index is 0.168. The third-order valence-electron chi connectivity index (χ3n) is 2.38. The van der Waals surface area contributed by atoms with Crippen molar-refractivity contribution < 1.29 is 4.74 Å². The van der Waals surface area contributed by atoms with Crippen molar-refractivity contribution in [1.29, 1.82) is 5.26 Å². The molecule has 1 rings (SSSR count). The van der Waals surface area contributed by atoms with Crippen molar-refractivity contribution in [2.24, 2.45) is 0 Å². The highest BCUT2D eigenvalue weighted by atomic mass is 16.5. The molecule has 4 heteroatoms. The summed E-state index contributed by atoms with van der Waals surface area (Å²) in [5, 5.41) is 12.2. The van der Waals surface area contributed by atoms with E-state index in [1.165, 1.54) is 0 Å². The molecule has 0 aromatic heterocycles. The molecule has 86 valence electrons. The van der Waals surface area contributed by atoms with Crippen LogP contribution in [0.2, 0.25) is 0 Å². The summed E-state index contributed by atoms with van der Waals surface area (Å²) in [4.78, 5) is 2.27. The average Bonchev–Trinajstić information content (AvgIpc) is 2.16. The van der Waals surface area contributed by atoms with Gasteiger partial charge in [0, 0.05) is 31.7 Å². The van der Waals surface area contributed by atoms with E-state index in [0.29, 0.717) is 6.61 Å². The van der Waals surface area contributed by atoms with Gasteiger partial charge in [-0.2, -0.15) is 5.26 Å². The van der Waals surface area contributed by atoms with Gasteiger partial charge in [0.2, 0.25) is 0 Å². The molecule has 1 heterocycles. The predicted molar refractivity (Wildman–Crippen MR) is 59.5 cm³/mol. The molecule has 1 fully saturated rings. The van der Waals surface area contributed by atoms with Crippen LogP contribution < -0.4 is 5.32 Å². The smallest absolute Gasteiger partial charge is 0.156 e. The lowest BCUT2D eigenvalue weighted by Crippen LogP contribution is -2.47. The van der Waals surface area contributed by atoms with E-state index >= 15 is 0 Å². The number of morpholine rings is 1. The van der Waals surface area contributed by atoms with Gasteiger partial charge in [0.1, 0.15) is 0 Å². The maximum atomic E-state index is 8.75. The standard InChI is InChI=1S/C11H21N3O/c1-11(2,3)13-4-5-14-6-7-15-10(8-12)9-14/h10,13H,4-7,9H2,1-3H3. The van der Waals surface area contributed by atoms with Crippen LogP contribution >= 0.6 is 0 Å². The van der Waals surface area contributed by atoms with E-state index in [-0.39, 0.29) is 11.6 Å². The molecule has 1 atom stereocenters. The third-order valence-corrected chi connectivity index (χ3v) is 2.38. The van der Waals surface area contributed by atoms with Gasteiger partial charge in [0.15, 0.2) is 6.10 Å². The zero-order chi connectivity index (χ0) is 11.3. The van der Waals surface area contributed by atoms with Crippen molar-refractivity contribution in [3.8, 4) is 6.07 Å². The summed E-state index contributed by atoms with van der Waals surface area (Å²) in [7, 11) is 0. The van der Waals surface area contributed by atoms with E-state index in [2.05, 4.69) is 37.1 Å². The molecule has 0 aliphatic carbocycles. The molecule has 1 unspecified atom stereocenters. The van der Waals surface area contributed by atoms with Crippen LogP contribution in [0.15, 0.2) is 0 Å². The number of ether oxygens (including phenoxy) is 1. The quantitative estimate of drug-likeness (QED) is 0.742. The van der Waals surface area contributed by atoms with E-state index in [0.717, 1.165) is 26.2 Å². The molecule has 1 aliphatic heterocycles. The second kappa shape index (κ2) is 5.45. The summed E-state index contributed by atoms with van der Waals surface area (Å²) in [5.74, 6) is 0. The maximum Gasteiger partial charge on any atom is 0.156 e. The van der Waals surface area contributed by atoms with Gasteiger partial charge < -0.3 is 10.1 Å². The first-order valence-electron chi connectivity index (χ1n) is 5.50. The highest BCUT2D eigenvalue weighted by Crippen LogP contribution is 2.04. The van der Waals surface area contributed by atoms with E-state index in [4.69, 9.17) is 10.00 Å². The van der Waals surface area contributed by atoms with Gasteiger partial charge in [0.25, 0.3) is 0 Å². The van der Waals surface area contributed by atoms with Crippen molar-refractivity contribution in [2.45, 2.75) is 32.4 Å². The van der Waals surface area contributed by atoms with E-state index in [9.17, 15) is 0 Å². The Morgan fingerprint density at radius 3 is 2.87 bits per heavy atom. The fourth-order valence-corrected chi connectivity index (χ4v) is 1.57. The van der Waals surface area contributed by atoms with E-state index in [1.807, 2.05) is 0 Å². The molecule has 0 radical (unpaired) electrons. The number of hydrogen-bond acceptors (Lipinski definition) is 4. The maximum absolute atomic E-state index is 8.75. The Labute approximate surface area is 92.2 Å². The van der Waals surface area contributed by atoms with Crippen LogP contribution in [-0.2, 0) is 4.74 Å². The Kier molecular flexibility index (Phi) is 4.52. The monoisotopic (exact) mass is 211 g/mol. The molecule has 0 saturated carbocycles. The minimum Gasteiger partial charge on any atom is -0.361 e. The highest BCUT2D eigenvalue weighted by molar-refractivity contribution is 4.89. The molecule has 0 aromatic carbocycles. The number of nitrogens with zero attached hydrogens (tertiary/aromatic N) is 2. The zero-order valence-electron chi connectivity index (χ0n) is 9.92. The first-order valence-corrected chi connectivity index (χ1v) is 5.50. The lowest BCUT2D eigenvalue weighted by Gasteiger charge is -2.31. The van der Waals surface area contributed by atoms with E-state index < -0.39 is 0 Å². The fraction of sp³-hybridized carbons (Fsp3) is 0.909. The van der Waals surface area contributed by atoms with Crippen LogP contribution in [0, 0.1) is 11.3 Å². The summed E-state index contributed by atoms with van der Waals surface area (Å²) >= 11 is 0. The largest absolute Gasteiger partial charge is 0.361 e. The van der Waals surface area contributed by atoms with Gasteiger partial charge in [-0.25, -0.2) is 0 Å². The molecular weight excluding hydrogens is 190 g/mol. The lowest BCUT2D eigenvalue weighted by molar-refractivity contribution is 0.000664. The molecule has 0 aromatic rings. The molecule has 1 N–H and O–H groups in total. The van der Waals surface area contributed by atoms with E-state index in [1.54, 1.807) is 0 Å². The summed E-state index contributed by atoms with van der Waals surface area (Å²) in [6.45, 7) is 10.8. The number of nitrogens with one attached hydrogen (secondary N) is 1. The van der Waals surface area contributed by atoms with Crippen LogP contribution in [0.5, 0.6) is 0 Å². The Balaban J connectivity index is 2.19. The van der Waals surface area contributed by atoms with Crippen molar-refractivity contribution in [2.75, 3.05) is 32.8 Å². The van der Waals surface area contributed by atoms with Crippen molar-refractivity contribution in [3.63, 3.8) is 0 Å². The Hall–Kier alpha value is -0.630. The molecule has 1 saturated heterocycles. The summed E-state index contributed by atoms with van der Waals surface area (Å²) in [6.07, 6.45) is -0.242. The van der Waals surface area contributed by atoms with Gasteiger partial charge in [-0.05, 0) is 20.8 Å². The molecule has 0 amide bonds. The first-order chi connectivity index (χ1) is 7.01. The van der Waals surface area contributed by atoms with Crippen molar-refractivity contribution in [3.05, 3.63) is 0 Å². The van der Waals surface area contributed by atoms with Crippen LogP contribution in [0.1, 0.15) is 20.8 Å². The Morgan fingerprint density at radius 1 is 1.53 bits per heavy atom. The predicted octanol–water partition coefficient (Wildman–Crippen LogP) is 0.599. The fourth-order valence-electron chi connectivity index (χ4n) is 1.57. The van der Waals surface area contributed by atoms with Crippen LogP contribution in [0.4, 0.5) is 0 Å². The van der Waals surface area contributed by atoms with Gasteiger partial charge in [0.05, 0.1) is 12.7 Å². The lowest BCUT2D eigenvalue weighted by atomic mass is 10.1. The first kappa shape index (κ1) is 12.4. The molecule has 4 nitrogen and oxygen atoms in total. The topological polar surface area (TPSA) is 48.3 Å². The minimum atomic E-state index is -0.242. The molecule has 0 bridgehead atoms. The Morgan fingerprint density at radius 2 is 2.27 bits per heavy atom. The zero-order valence-corrected chi connectivity index (χ0v) is 9.92. The average molecular weight is 211 g/mol. The van der Waals surface area contributed by atoms with Crippen LogP contribution in [0.25, 0.3) is 0 Å². The van der Waals surface area contributed by atoms with Gasteiger partial charge in [-0.15, -0.1) is 0 Å². The van der Waals surface area contributed by atoms with Gasteiger partial charge in [-0.1, -0.05) is 0 Å². The third kappa shape index (κ3) is 5.12. The van der Waals surface area contributed by atoms with Crippen LogP contribution in [0.3, 0.4) is 0 Å². The highest BCUT2D eigenvalue weighted by Gasteiger charge is 2.19. The SMILES string of the molecule is CC(C)(C)NCCN1CCOC(C#N)C1. The van der Waals surface area contributed by atoms with Crippen molar-refractivity contribution >= 4 is 0 Å².